The van der Waals surface area contributed by atoms with E-state index in [1.54, 1.807) is 36.4 Å². The van der Waals surface area contributed by atoms with Gasteiger partial charge in [-0.3, -0.25) is 19.3 Å². The summed E-state index contributed by atoms with van der Waals surface area (Å²) < 4.78 is 5.38. The number of Topliss-reactive ketones (excluding diaryl/α,β-unsaturated/α-hetero) is 1. The van der Waals surface area contributed by atoms with E-state index in [9.17, 15) is 19.5 Å². The zero-order chi connectivity index (χ0) is 27.8. The Bertz CT molecular complexity index is 1440. The quantitative estimate of drug-likeness (QED) is 0.232. The molecule has 1 atom stereocenters. The summed E-state index contributed by atoms with van der Waals surface area (Å²) >= 11 is 6.19. The molecule has 38 heavy (non-hydrogen) atoms. The molecule has 2 N–H and O–H groups in total. The van der Waals surface area contributed by atoms with Crippen LogP contribution in [0.25, 0.3) is 5.76 Å². The van der Waals surface area contributed by atoms with Gasteiger partial charge in [0.1, 0.15) is 11.5 Å². The molecule has 0 aliphatic carbocycles. The fourth-order valence-electron chi connectivity index (χ4n) is 4.54. The third-order valence-corrected chi connectivity index (χ3v) is 6.76. The van der Waals surface area contributed by atoms with Gasteiger partial charge in [0.15, 0.2) is 0 Å². The number of ketones is 1. The van der Waals surface area contributed by atoms with E-state index in [4.69, 9.17) is 21.4 Å². The Balaban J connectivity index is 1.92. The highest BCUT2D eigenvalue weighted by Crippen LogP contribution is 2.44. The summed E-state index contributed by atoms with van der Waals surface area (Å²) in [7, 11) is 1.43. The summed E-state index contributed by atoms with van der Waals surface area (Å²) in [6.45, 7) is 6.24. The molecule has 0 saturated carbocycles. The number of halogens is 1. The average Bonchev–Trinajstić information content (AvgIpc) is 3.13. The lowest BCUT2D eigenvalue weighted by atomic mass is 9.85. The molecule has 8 heteroatoms. The highest BCUT2D eigenvalue weighted by molar-refractivity contribution is 6.51. The summed E-state index contributed by atoms with van der Waals surface area (Å²) in [5.74, 6) is -2.77. The van der Waals surface area contributed by atoms with Crippen LogP contribution in [0.15, 0.2) is 72.3 Å². The molecule has 3 aromatic carbocycles. The van der Waals surface area contributed by atoms with Crippen molar-refractivity contribution < 1.29 is 29.3 Å². The van der Waals surface area contributed by atoms with Gasteiger partial charge in [-0.1, -0.05) is 68.8 Å². The summed E-state index contributed by atoms with van der Waals surface area (Å²) in [6.07, 6.45) is -0.175. The van der Waals surface area contributed by atoms with Gasteiger partial charge in [-0.25, -0.2) is 0 Å². The zero-order valence-electron chi connectivity index (χ0n) is 21.5. The third-order valence-electron chi connectivity index (χ3n) is 6.52. The Morgan fingerprint density at radius 3 is 2.16 bits per heavy atom. The molecule has 1 heterocycles. The van der Waals surface area contributed by atoms with Crippen molar-refractivity contribution in [1.29, 1.82) is 0 Å². The second-order valence-corrected chi connectivity index (χ2v) is 10.6. The first-order valence-corrected chi connectivity index (χ1v) is 12.4. The normalized spacial score (nSPS) is 17.1. The second-order valence-electron chi connectivity index (χ2n) is 10.1. The van der Waals surface area contributed by atoms with Crippen molar-refractivity contribution in [2.75, 3.05) is 12.0 Å². The lowest BCUT2D eigenvalue weighted by Gasteiger charge is -2.27. The van der Waals surface area contributed by atoms with Crippen LogP contribution >= 0.6 is 11.6 Å². The van der Waals surface area contributed by atoms with Gasteiger partial charge in [0.05, 0.1) is 30.7 Å². The lowest BCUT2D eigenvalue weighted by molar-refractivity contribution is -0.136. The molecule has 3 aromatic rings. The van der Waals surface area contributed by atoms with Gasteiger partial charge in [0, 0.05) is 10.7 Å². The SMILES string of the molecule is COc1ccc(Cl)cc1/C(O)=C1\C(=O)C(=O)N(c2ccc(CC(=O)O)cc2)C1c1ccc(C(C)(C)C)cc1. The molecule has 0 aromatic heterocycles. The van der Waals surface area contributed by atoms with E-state index >= 15 is 0 Å². The number of carbonyl (C=O) groups is 3. The summed E-state index contributed by atoms with van der Waals surface area (Å²) in [5.41, 5.74) is 2.59. The highest BCUT2D eigenvalue weighted by Gasteiger charge is 2.47. The van der Waals surface area contributed by atoms with E-state index in [-0.39, 0.29) is 28.7 Å². The van der Waals surface area contributed by atoms with Gasteiger partial charge >= 0.3 is 5.97 Å². The number of carbonyl (C=O) groups excluding carboxylic acids is 2. The van der Waals surface area contributed by atoms with Crippen molar-refractivity contribution in [1.82, 2.24) is 0 Å². The first-order valence-electron chi connectivity index (χ1n) is 12.0. The molecule has 0 radical (unpaired) electrons. The van der Waals surface area contributed by atoms with Gasteiger partial charge in [-0.15, -0.1) is 0 Å². The fraction of sp³-hybridized carbons (Fsp3) is 0.233. The molecule has 196 valence electrons. The molecule has 1 aliphatic rings. The number of nitrogens with zero attached hydrogens (tertiary/aromatic N) is 1. The van der Waals surface area contributed by atoms with E-state index in [0.29, 0.717) is 21.8 Å². The van der Waals surface area contributed by atoms with E-state index in [1.165, 1.54) is 18.1 Å². The van der Waals surface area contributed by atoms with Crippen LogP contribution in [-0.4, -0.2) is 35.0 Å². The van der Waals surface area contributed by atoms with Gasteiger partial charge in [0.25, 0.3) is 11.7 Å². The Morgan fingerprint density at radius 1 is 0.974 bits per heavy atom. The molecule has 1 amide bonds. The maximum absolute atomic E-state index is 13.5. The molecular formula is C30H28ClNO6. The van der Waals surface area contributed by atoms with Crippen LogP contribution in [0.2, 0.25) is 5.02 Å². The molecule has 4 rings (SSSR count). The highest BCUT2D eigenvalue weighted by atomic mass is 35.5. The molecular weight excluding hydrogens is 506 g/mol. The zero-order valence-corrected chi connectivity index (χ0v) is 22.2. The number of aliphatic hydroxyl groups is 1. The van der Waals surface area contributed by atoms with Crippen LogP contribution in [0, 0.1) is 0 Å². The first-order chi connectivity index (χ1) is 17.9. The molecule has 0 spiro atoms. The number of aliphatic carboxylic acids is 1. The molecule has 7 nitrogen and oxygen atoms in total. The second kappa shape index (κ2) is 10.3. The minimum atomic E-state index is -0.979. The number of hydrogen-bond donors (Lipinski definition) is 2. The van der Waals surface area contributed by atoms with Crippen LogP contribution < -0.4 is 9.64 Å². The monoisotopic (exact) mass is 533 g/mol. The van der Waals surface area contributed by atoms with Crippen LogP contribution in [-0.2, 0) is 26.2 Å². The number of benzene rings is 3. The fourth-order valence-corrected chi connectivity index (χ4v) is 4.71. The van der Waals surface area contributed by atoms with E-state index < -0.39 is 29.5 Å². The number of amides is 1. The number of carboxylic acid groups (broad SMARTS) is 1. The van der Waals surface area contributed by atoms with Crippen LogP contribution in [0.4, 0.5) is 5.69 Å². The maximum Gasteiger partial charge on any atom is 0.307 e. The van der Waals surface area contributed by atoms with Crippen molar-refractivity contribution >= 4 is 40.7 Å². The van der Waals surface area contributed by atoms with Gasteiger partial charge < -0.3 is 14.9 Å². The molecule has 1 unspecified atom stereocenters. The van der Waals surface area contributed by atoms with Crippen LogP contribution in [0.5, 0.6) is 5.75 Å². The number of carboxylic acids is 1. The van der Waals surface area contributed by atoms with Gasteiger partial charge in [-0.05, 0) is 52.4 Å². The number of ether oxygens (including phenoxy) is 1. The number of methoxy groups -OCH3 is 1. The lowest BCUT2D eigenvalue weighted by Crippen LogP contribution is -2.29. The van der Waals surface area contributed by atoms with Crippen molar-refractivity contribution in [2.24, 2.45) is 0 Å². The topological polar surface area (TPSA) is 104 Å². The van der Waals surface area contributed by atoms with Crippen LogP contribution in [0.1, 0.15) is 49.1 Å². The average molecular weight is 534 g/mol. The Morgan fingerprint density at radius 2 is 1.61 bits per heavy atom. The van der Waals surface area contributed by atoms with E-state index in [1.807, 2.05) is 24.3 Å². The van der Waals surface area contributed by atoms with Gasteiger partial charge in [-0.2, -0.15) is 0 Å². The molecule has 0 bridgehead atoms. The smallest absolute Gasteiger partial charge is 0.307 e. The Kier molecular flexibility index (Phi) is 7.33. The van der Waals surface area contributed by atoms with Crippen molar-refractivity contribution in [3.63, 3.8) is 0 Å². The van der Waals surface area contributed by atoms with E-state index in [2.05, 4.69) is 20.8 Å². The summed E-state index contributed by atoms with van der Waals surface area (Å²) in [5, 5.41) is 20.9. The van der Waals surface area contributed by atoms with Crippen molar-refractivity contribution in [3.05, 3.63) is 99.6 Å². The standard InChI is InChI=1S/C30H28ClNO6/c1-30(2,3)19-9-7-18(8-10-19)26-25(27(35)22-16-20(31)11-14-23(22)38-4)28(36)29(37)32(26)21-12-5-17(6-13-21)15-24(33)34/h5-14,16,26,35H,15H2,1-4H3,(H,33,34)/b27-25+. The minimum Gasteiger partial charge on any atom is -0.507 e. The minimum absolute atomic E-state index is 0.103. The number of hydrogen-bond acceptors (Lipinski definition) is 5. The maximum atomic E-state index is 13.5. The summed E-state index contributed by atoms with van der Waals surface area (Å²) in [4.78, 5) is 39.3. The largest absolute Gasteiger partial charge is 0.507 e. The predicted molar refractivity (Wildman–Crippen MR) is 146 cm³/mol. The number of aliphatic hydroxyl groups excluding tert-OH is 1. The first kappa shape index (κ1) is 26.9. The summed E-state index contributed by atoms with van der Waals surface area (Å²) in [6, 6.07) is 17.6. The number of anilines is 1. The molecule has 1 saturated heterocycles. The Labute approximate surface area is 225 Å². The third kappa shape index (κ3) is 5.15. The van der Waals surface area contributed by atoms with Crippen LogP contribution in [0.3, 0.4) is 0 Å². The molecule has 1 fully saturated rings. The Hall–Kier alpha value is -4.10. The molecule has 1 aliphatic heterocycles. The predicted octanol–water partition coefficient (Wildman–Crippen LogP) is 5.90. The van der Waals surface area contributed by atoms with Gasteiger partial charge in [0.2, 0.25) is 0 Å². The van der Waals surface area contributed by atoms with Crippen molar-refractivity contribution in [2.45, 2.75) is 38.6 Å². The number of rotatable bonds is 6. The van der Waals surface area contributed by atoms with E-state index in [0.717, 1.165) is 5.56 Å². The van der Waals surface area contributed by atoms with Crippen molar-refractivity contribution in [3.8, 4) is 5.75 Å².